The minimum absolute atomic E-state index is 0.237. The number of aliphatic hydroxyl groups excluding tert-OH is 3. The van der Waals surface area contributed by atoms with Gasteiger partial charge in [-0.2, -0.15) is 0 Å². The van der Waals surface area contributed by atoms with Crippen LogP contribution in [0.4, 0.5) is 0 Å². The molecule has 0 heterocycles. The molecule has 0 aliphatic heterocycles. The second-order valence-electron chi connectivity index (χ2n) is 9.55. The maximum Gasteiger partial charge on any atom is 0.0855 e. The van der Waals surface area contributed by atoms with Crippen LogP contribution in [-0.2, 0) is 0 Å². The van der Waals surface area contributed by atoms with Crippen LogP contribution in [-0.4, -0.2) is 44.3 Å². The van der Waals surface area contributed by atoms with E-state index in [-0.39, 0.29) is 11.3 Å². The lowest BCUT2D eigenvalue weighted by Gasteiger charge is -2.67. The predicted octanol–water partition coefficient (Wildman–Crippen LogP) is 2.72. The third kappa shape index (κ3) is 2.74. The van der Waals surface area contributed by atoms with E-state index in [0.717, 1.165) is 19.3 Å². The van der Waals surface area contributed by atoms with Gasteiger partial charge in [0.05, 0.1) is 23.9 Å². The molecule has 2 rings (SSSR count). The van der Waals surface area contributed by atoms with Crippen molar-refractivity contribution in [2.75, 3.05) is 0 Å². The Morgan fingerprint density at radius 1 is 1.08 bits per heavy atom. The Hall–Kier alpha value is -0.160. The zero-order valence-corrected chi connectivity index (χ0v) is 16.3. The summed E-state index contributed by atoms with van der Waals surface area (Å²) in [7, 11) is 0. The van der Waals surface area contributed by atoms with Gasteiger partial charge < -0.3 is 20.4 Å². The molecule has 0 saturated heterocycles. The largest absolute Gasteiger partial charge is 0.392 e. The summed E-state index contributed by atoms with van der Waals surface area (Å²) in [6.07, 6.45) is 1.32. The molecular formula is C20H38O4. The molecule has 0 amide bonds. The van der Waals surface area contributed by atoms with Gasteiger partial charge in [-0.3, -0.25) is 0 Å². The number of aliphatic hydroxyl groups is 4. The fourth-order valence-corrected chi connectivity index (χ4v) is 5.79. The van der Waals surface area contributed by atoms with Gasteiger partial charge in [0.2, 0.25) is 0 Å². The summed E-state index contributed by atoms with van der Waals surface area (Å²) in [5.41, 5.74) is -2.24. The lowest BCUT2D eigenvalue weighted by molar-refractivity contribution is -0.305. The summed E-state index contributed by atoms with van der Waals surface area (Å²) in [6, 6.07) is 0. The van der Waals surface area contributed by atoms with Crippen molar-refractivity contribution in [3.63, 3.8) is 0 Å². The molecule has 0 radical (unpaired) electrons. The molecule has 0 aromatic rings. The Balaban J connectivity index is 2.50. The first-order chi connectivity index (χ1) is 10.9. The van der Waals surface area contributed by atoms with E-state index in [2.05, 4.69) is 27.7 Å². The van der Waals surface area contributed by atoms with Gasteiger partial charge in [-0.25, -0.2) is 0 Å². The van der Waals surface area contributed by atoms with Gasteiger partial charge in [0.15, 0.2) is 0 Å². The first-order valence-electron chi connectivity index (χ1n) is 9.70. The maximum atomic E-state index is 11.8. The topological polar surface area (TPSA) is 80.9 Å². The van der Waals surface area contributed by atoms with E-state index < -0.39 is 35.2 Å². The van der Waals surface area contributed by atoms with Crippen LogP contribution >= 0.6 is 0 Å². The quantitative estimate of drug-likeness (QED) is 0.633. The molecule has 2 fully saturated rings. The van der Waals surface area contributed by atoms with Crippen LogP contribution in [0.15, 0.2) is 0 Å². The summed E-state index contributed by atoms with van der Waals surface area (Å²) in [5, 5.41) is 44.3. The average Bonchev–Trinajstić information content (AvgIpc) is 2.52. The molecule has 4 heteroatoms. The van der Waals surface area contributed by atoms with Gasteiger partial charge in [0.25, 0.3) is 0 Å². The highest BCUT2D eigenvalue weighted by atomic mass is 16.3. The number of hydrogen-bond acceptors (Lipinski definition) is 4. The van der Waals surface area contributed by atoms with E-state index in [1.807, 2.05) is 13.8 Å². The van der Waals surface area contributed by atoms with Crippen LogP contribution < -0.4 is 0 Å². The fraction of sp³-hybridized carbons (Fsp3) is 1.00. The molecule has 142 valence electrons. The first kappa shape index (κ1) is 20.2. The Morgan fingerprint density at radius 3 is 2.21 bits per heavy atom. The standard InChI is InChI=1S/C20H38O4/c1-7-12(2)8-11-20(24)13(3)15(22)16(23)17-18(4,5)10-9-14(21)19(17,20)6/h12-17,21-24H,7-11H2,1-6H3/t12-,13+,14-,15+,16+,17+,19+,20-/m1/s1. The van der Waals surface area contributed by atoms with Crippen LogP contribution in [0, 0.1) is 28.6 Å². The van der Waals surface area contributed by atoms with Crippen molar-refractivity contribution in [2.24, 2.45) is 28.6 Å². The summed E-state index contributed by atoms with van der Waals surface area (Å²) >= 11 is 0. The lowest BCUT2D eigenvalue weighted by atomic mass is 9.42. The summed E-state index contributed by atoms with van der Waals surface area (Å²) in [6.45, 7) is 12.2. The second kappa shape index (κ2) is 6.53. The first-order valence-corrected chi connectivity index (χ1v) is 9.70. The van der Waals surface area contributed by atoms with Crippen molar-refractivity contribution in [3.8, 4) is 0 Å². The Bertz CT molecular complexity index is 451. The normalized spacial score (nSPS) is 49.5. The third-order valence-corrected chi connectivity index (χ3v) is 7.85. The highest BCUT2D eigenvalue weighted by Crippen LogP contribution is 2.63. The van der Waals surface area contributed by atoms with Crippen LogP contribution in [0.3, 0.4) is 0 Å². The molecule has 24 heavy (non-hydrogen) atoms. The van der Waals surface area contributed by atoms with Gasteiger partial charge in [0, 0.05) is 17.3 Å². The van der Waals surface area contributed by atoms with Crippen LogP contribution in [0.5, 0.6) is 0 Å². The van der Waals surface area contributed by atoms with Crippen molar-refractivity contribution in [1.29, 1.82) is 0 Å². The van der Waals surface area contributed by atoms with Gasteiger partial charge >= 0.3 is 0 Å². The number of rotatable bonds is 4. The van der Waals surface area contributed by atoms with Crippen molar-refractivity contribution in [2.45, 2.75) is 97.6 Å². The van der Waals surface area contributed by atoms with E-state index in [1.165, 1.54) is 0 Å². The molecule has 4 nitrogen and oxygen atoms in total. The van der Waals surface area contributed by atoms with Gasteiger partial charge in [-0.1, -0.05) is 48.0 Å². The summed E-state index contributed by atoms with van der Waals surface area (Å²) < 4.78 is 0. The van der Waals surface area contributed by atoms with Gasteiger partial charge in [-0.15, -0.1) is 0 Å². The molecule has 2 aliphatic carbocycles. The maximum absolute atomic E-state index is 11.8. The molecule has 8 atom stereocenters. The van der Waals surface area contributed by atoms with Crippen molar-refractivity contribution < 1.29 is 20.4 Å². The molecule has 0 bridgehead atoms. The van der Waals surface area contributed by atoms with Gasteiger partial charge in [0.1, 0.15) is 0 Å². The Labute approximate surface area is 147 Å². The summed E-state index contributed by atoms with van der Waals surface area (Å²) in [5.74, 6) is -0.316. The second-order valence-corrected chi connectivity index (χ2v) is 9.55. The highest BCUT2D eigenvalue weighted by Gasteiger charge is 2.69. The van der Waals surface area contributed by atoms with E-state index in [1.54, 1.807) is 0 Å². The molecular weight excluding hydrogens is 304 g/mol. The highest BCUT2D eigenvalue weighted by molar-refractivity contribution is 5.18. The fourth-order valence-electron chi connectivity index (χ4n) is 5.79. The van der Waals surface area contributed by atoms with E-state index in [0.29, 0.717) is 18.8 Å². The van der Waals surface area contributed by atoms with Crippen LogP contribution in [0.2, 0.25) is 0 Å². The number of fused-ring (bicyclic) bond motifs is 1. The van der Waals surface area contributed by atoms with Crippen molar-refractivity contribution in [1.82, 2.24) is 0 Å². The monoisotopic (exact) mass is 342 g/mol. The minimum Gasteiger partial charge on any atom is -0.392 e. The lowest BCUT2D eigenvalue weighted by Crippen LogP contribution is -2.74. The number of hydrogen-bond donors (Lipinski definition) is 4. The summed E-state index contributed by atoms with van der Waals surface area (Å²) in [4.78, 5) is 0. The third-order valence-electron chi connectivity index (χ3n) is 7.85. The Morgan fingerprint density at radius 2 is 1.67 bits per heavy atom. The van der Waals surface area contributed by atoms with Crippen LogP contribution in [0.1, 0.15) is 73.6 Å². The molecule has 4 N–H and O–H groups in total. The van der Waals surface area contributed by atoms with Crippen LogP contribution in [0.25, 0.3) is 0 Å². The predicted molar refractivity (Wildman–Crippen MR) is 95.4 cm³/mol. The Kier molecular flexibility index (Phi) is 5.49. The van der Waals surface area contributed by atoms with Gasteiger partial charge in [-0.05, 0) is 37.0 Å². The molecule has 2 aliphatic rings. The zero-order valence-electron chi connectivity index (χ0n) is 16.3. The molecule has 0 unspecified atom stereocenters. The van der Waals surface area contributed by atoms with E-state index in [9.17, 15) is 20.4 Å². The molecule has 0 aromatic heterocycles. The average molecular weight is 343 g/mol. The van der Waals surface area contributed by atoms with E-state index >= 15 is 0 Å². The van der Waals surface area contributed by atoms with Crippen molar-refractivity contribution in [3.05, 3.63) is 0 Å². The smallest absolute Gasteiger partial charge is 0.0855 e. The zero-order chi connectivity index (χ0) is 18.5. The molecule has 0 aromatic carbocycles. The SMILES string of the molecule is CC[C@@H](C)CC[C@@]1(O)[C@@H](C)[C@H](O)[C@H](O)[C@H]2C(C)(C)CC[C@@H](O)[C@@]21C. The van der Waals surface area contributed by atoms with E-state index in [4.69, 9.17) is 0 Å². The molecule has 2 saturated carbocycles. The van der Waals surface area contributed by atoms with Crippen molar-refractivity contribution >= 4 is 0 Å². The minimum atomic E-state index is -1.18. The molecule has 0 spiro atoms.